The molecule has 2 aliphatic heterocycles. The molecule has 1 aromatic carbocycles. The number of nitro benzene ring substituents is 1. The van der Waals surface area contributed by atoms with Crippen LogP contribution in [-0.4, -0.2) is 54.9 Å². The molecule has 1 aromatic rings. The summed E-state index contributed by atoms with van der Waals surface area (Å²) in [4.78, 5) is 24.7. The quantitative estimate of drug-likeness (QED) is 0.624. The van der Waals surface area contributed by atoms with Gasteiger partial charge in [0, 0.05) is 38.0 Å². The van der Waals surface area contributed by atoms with Gasteiger partial charge in [-0.1, -0.05) is 12.1 Å². The van der Waals surface area contributed by atoms with Gasteiger partial charge in [-0.2, -0.15) is 0 Å². The van der Waals surface area contributed by atoms with Gasteiger partial charge in [0.1, 0.15) is 5.69 Å². The number of nitrogens with zero attached hydrogens (tertiary/aromatic N) is 2. The first-order valence-electron chi connectivity index (χ1n) is 8.63. The Morgan fingerprint density at radius 2 is 1.92 bits per heavy atom. The molecule has 136 valence electrons. The molecule has 1 N–H and O–H groups in total. The van der Waals surface area contributed by atoms with Crippen LogP contribution in [0.4, 0.5) is 11.4 Å². The lowest BCUT2D eigenvalue weighted by Gasteiger charge is -2.34. The van der Waals surface area contributed by atoms with Crippen LogP contribution in [0.2, 0.25) is 0 Å². The molecule has 2 saturated heterocycles. The first kappa shape index (κ1) is 17.6. The number of rotatable bonds is 6. The van der Waals surface area contributed by atoms with Gasteiger partial charge in [-0.3, -0.25) is 14.9 Å². The van der Waals surface area contributed by atoms with E-state index in [9.17, 15) is 14.9 Å². The van der Waals surface area contributed by atoms with E-state index in [0.29, 0.717) is 50.9 Å². The van der Waals surface area contributed by atoms with Crippen molar-refractivity contribution in [3.8, 4) is 0 Å². The second kappa shape index (κ2) is 8.26. The molecule has 2 fully saturated rings. The summed E-state index contributed by atoms with van der Waals surface area (Å²) in [5.74, 6) is 0.425. The van der Waals surface area contributed by atoms with E-state index in [-0.39, 0.29) is 17.9 Å². The molecule has 8 heteroatoms. The Bertz CT molecular complexity index is 610. The number of carbonyl (C=O) groups is 1. The van der Waals surface area contributed by atoms with Crippen molar-refractivity contribution < 1.29 is 19.2 Å². The minimum atomic E-state index is -0.428. The highest BCUT2D eigenvalue weighted by atomic mass is 16.7. The van der Waals surface area contributed by atoms with Crippen molar-refractivity contribution in [3.63, 3.8) is 0 Å². The molecule has 0 radical (unpaired) electrons. The van der Waals surface area contributed by atoms with Gasteiger partial charge in [0.25, 0.3) is 5.69 Å². The number of amides is 1. The van der Waals surface area contributed by atoms with Gasteiger partial charge >= 0.3 is 0 Å². The third-order valence-electron chi connectivity index (χ3n) is 4.68. The summed E-state index contributed by atoms with van der Waals surface area (Å²) in [5.41, 5.74) is 0.460. The van der Waals surface area contributed by atoms with Crippen LogP contribution in [0.25, 0.3) is 0 Å². The molecule has 0 spiro atoms. The molecule has 25 heavy (non-hydrogen) atoms. The molecular weight excluding hydrogens is 326 g/mol. The van der Waals surface area contributed by atoms with Gasteiger partial charge in [0.2, 0.25) is 5.91 Å². The van der Waals surface area contributed by atoms with Gasteiger partial charge in [-0.25, -0.2) is 0 Å². The molecule has 8 nitrogen and oxygen atoms in total. The SMILES string of the molecule is O=C(CCNc1ccccc1[N+](=O)[O-])N1CCC(C2OCCO2)CC1. The van der Waals surface area contributed by atoms with E-state index in [4.69, 9.17) is 9.47 Å². The molecule has 1 amide bonds. The lowest BCUT2D eigenvalue weighted by atomic mass is 9.96. The number of piperidine rings is 1. The highest BCUT2D eigenvalue weighted by Gasteiger charge is 2.31. The van der Waals surface area contributed by atoms with E-state index in [1.807, 2.05) is 4.90 Å². The topological polar surface area (TPSA) is 93.9 Å². The standard InChI is InChI=1S/C17H23N3O5/c21-16(5-8-18-14-3-1-2-4-15(14)20(22)23)19-9-6-13(7-10-19)17-24-11-12-25-17/h1-4,13,17-18H,5-12H2. The Hall–Kier alpha value is -2.19. The Balaban J connectivity index is 1.42. The van der Waals surface area contributed by atoms with Crippen molar-refractivity contribution in [2.45, 2.75) is 25.6 Å². The molecule has 0 aliphatic carbocycles. The summed E-state index contributed by atoms with van der Waals surface area (Å²) < 4.78 is 11.1. The molecule has 0 saturated carbocycles. The summed E-state index contributed by atoms with van der Waals surface area (Å²) in [5, 5.41) is 14.0. The smallest absolute Gasteiger partial charge is 0.292 e. The van der Waals surface area contributed by atoms with Crippen LogP contribution >= 0.6 is 0 Å². The number of para-hydroxylation sites is 2. The van der Waals surface area contributed by atoms with E-state index in [1.54, 1.807) is 18.2 Å². The fraction of sp³-hybridized carbons (Fsp3) is 0.588. The van der Waals surface area contributed by atoms with Crippen LogP contribution in [0.15, 0.2) is 24.3 Å². The zero-order chi connectivity index (χ0) is 17.6. The highest BCUT2D eigenvalue weighted by Crippen LogP contribution is 2.26. The monoisotopic (exact) mass is 349 g/mol. The molecule has 2 heterocycles. The molecule has 0 atom stereocenters. The third-order valence-corrected chi connectivity index (χ3v) is 4.68. The van der Waals surface area contributed by atoms with E-state index in [1.165, 1.54) is 6.07 Å². The summed E-state index contributed by atoms with van der Waals surface area (Å²) in [6.45, 7) is 3.09. The molecular formula is C17H23N3O5. The molecule has 3 rings (SSSR count). The number of ether oxygens (including phenoxy) is 2. The molecule has 2 aliphatic rings. The van der Waals surface area contributed by atoms with Crippen LogP contribution in [-0.2, 0) is 14.3 Å². The first-order valence-corrected chi connectivity index (χ1v) is 8.63. The van der Waals surface area contributed by atoms with E-state index < -0.39 is 4.92 Å². The Labute approximate surface area is 146 Å². The molecule has 0 unspecified atom stereocenters. The molecule has 0 aromatic heterocycles. The van der Waals surface area contributed by atoms with Gasteiger partial charge in [0.05, 0.1) is 18.1 Å². The van der Waals surface area contributed by atoms with Crippen molar-refractivity contribution in [3.05, 3.63) is 34.4 Å². The van der Waals surface area contributed by atoms with Gasteiger partial charge in [-0.05, 0) is 18.9 Å². The van der Waals surface area contributed by atoms with Crippen LogP contribution in [0.1, 0.15) is 19.3 Å². The zero-order valence-corrected chi connectivity index (χ0v) is 14.1. The average molecular weight is 349 g/mol. The van der Waals surface area contributed by atoms with E-state index in [0.717, 1.165) is 12.8 Å². The van der Waals surface area contributed by atoms with Crippen LogP contribution in [0.3, 0.4) is 0 Å². The maximum absolute atomic E-state index is 12.3. The van der Waals surface area contributed by atoms with Crippen LogP contribution < -0.4 is 5.32 Å². The van der Waals surface area contributed by atoms with Crippen molar-refractivity contribution in [2.75, 3.05) is 38.2 Å². The highest BCUT2D eigenvalue weighted by molar-refractivity contribution is 5.77. The fourth-order valence-corrected chi connectivity index (χ4v) is 3.31. The van der Waals surface area contributed by atoms with Gasteiger partial charge in [-0.15, -0.1) is 0 Å². The summed E-state index contributed by atoms with van der Waals surface area (Å²) >= 11 is 0. The second-order valence-corrected chi connectivity index (χ2v) is 6.28. The van der Waals surface area contributed by atoms with E-state index >= 15 is 0 Å². The van der Waals surface area contributed by atoms with Crippen LogP contribution in [0, 0.1) is 16.0 Å². The third kappa shape index (κ3) is 4.46. The fourth-order valence-electron chi connectivity index (χ4n) is 3.31. The lowest BCUT2D eigenvalue weighted by molar-refractivity contribution is -0.384. The van der Waals surface area contributed by atoms with Crippen molar-refractivity contribution in [1.29, 1.82) is 0 Å². The van der Waals surface area contributed by atoms with Crippen LogP contribution in [0.5, 0.6) is 0 Å². The van der Waals surface area contributed by atoms with E-state index in [2.05, 4.69) is 5.32 Å². The average Bonchev–Trinajstić information content (AvgIpc) is 3.17. The van der Waals surface area contributed by atoms with Crippen molar-refractivity contribution in [2.24, 2.45) is 5.92 Å². The predicted octanol–water partition coefficient (Wildman–Crippen LogP) is 2.01. The number of hydrogen-bond donors (Lipinski definition) is 1. The second-order valence-electron chi connectivity index (χ2n) is 6.28. The summed E-state index contributed by atoms with van der Waals surface area (Å²) in [7, 11) is 0. The predicted molar refractivity (Wildman–Crippen MR) is 91.2 cm³/mol. The number of nitrogens with one attached hydrogen (secondary N) is 1. The Kier molecular flexibility index (Phi) is 5.83. The van der Waals surface area contributed by atoms with Gasteiger partial charge in [0.15, 0.2) is 6.29 Å². The normalized spacial score (nSPS) is 19.1. The number of likely N-dealkylation sites (tertiary alicyclic amines) is 1. The number of benzene rings is 1. The number of nitro groups is 1. The number of carbonyl (C=O) groups excluding carboxylic acids is 1. The lowest BCUT2D eigenvalue weighted by Crippen LogP contribution is -2.41. The number of hydrogen-bond acceptors (Lipinski definition) is 6. The largest absolute Gasteiger partial charge is 0.379 e. The summed E-state index contributed by atoms with van der Waals surface area (Å²) in [6, 6.07) is 6.45. The minimum Gasteiger partial charge on any atom is -0.379 e. The van der Waals surface area contributed by atoms with Crippen molar-refractivity contribution >= 4 is 17.3 Å². The number of anilines is 1. The Morgan fingerprint density at radius 3 is 2.60 bits per heavy atom. The minimum absolute atomic E-state index is 0.0207. The first-order chi connectivity index (χ1) is 12.1. The maximum Gasteiger partial charge on any atom is 0.292 e. The zero-order valence-electron chi connectivity index (χ0n) is 14.1. The summed E-state index contributed by atoms with van der Waals surface area (Å²) in [6.07, 6.45) is 1.97. The van der Waals surface area contributed by atoms with Gasteiger partial charge < -0.3 is 19.7 Å². The Morgan fingerprint density at radius 1 is 1.24 bits per heavy atom. The maximum atomic E-state index is 12.3. The molecule has 0 bridgehead atoms. The van der Waals surface area contributed by atoms with Crippen molar-refractivity contribution in [1.82, 2.24) is 4.90 Å².